The molecule has 0 atom stereocenters. The molecule has 0 bridgehead atoms. The topological polar surface area (TPSA) is 120 Å². The molecule has 0 aliphatic carbocycles. The minimum absolute atomic E-state index is 0.0146. The standard InChI is InChI=1S/C25H24N2O7S/c1-2-17-4-3-5-20(14-17)26-24(28)16-34-25(29)18-6-8-19(9-7-18)27-35(30,31)21-10-11-22-23(15-21)33-13-12-32-22/h3-11,14-15,27H,2,12-13,16H2,1H3,(H,26,28). The van der Waals surface area contributed by atoms with Gasteiger partial charge in [-0.1, -0.05) is 19.1 Å². The number of sulfonamides is 1. The number of hydrogen-bond donors (Lipinski definition) is 2. The third-order valence-corrected chi connectivity index (χ3v) is 6.53. The number of fused-ring (bicyclic) bond motifs is 1. The lowest BCUT2D eigenvalue weighted by atomic mass is 10.1. The predicted octanol–water partition coefficient (Wildman–Crippen LogP) is 3.62. The van der Waals surface area contributed by atoms with E-state index in [1.165, 1.54) is 36.4 Å². The van der Waals surface area contributed by atoms with Gasteiger partial charge < -0.3 is 19.5 Å². The van der Waals surface area contributed by atoms with Gasteiger partial charge in [-0.05, 0) is 60.5 Å². The summed E-state index contributed by atoms with van der Waals surface area (Å²) in [4.78, 5) is 24.4. The van der Waals surface area contributed by atoms with Crippen molar-refractivity contribution in [2.75, 3.05) is 29.9 Å². The van der Waals surface area contributed by atoms with Gasteiger partial charge in [-0.2, -0.15) is 0 Å². The molecule has 0 saturated heterocycles. The highest BCUT2D eigenvalue weighted by Crippen LogP contribution is 2.32. The first-order chi connectivity index (χ1) is 16.8. The Balaban J connectivity index is 1.33. The van der Waals surface area contributed by atoms with E-state index >= 15 is 0 Å². The highest BCUT2D eigenvalue weighted by Gasteiger charge is 2.20. The number of rotatable bonds is 8. The second-order valence-electron chi connectivity index (χ2n) is 7.67. The molecule has 1 heterocycles. The minimum Gasteiger partial charge on any atom is -0.486 e. The largest absolute Gasteiger partial charge is 0.486 e. The average Bonchev–Trinajstić information content (AvgIpc) is 2.87. The summed E-state index contributed by atoms with van der Waals surface area (Å²) in [6, 6.07) is 17.4. The molecule has 10 heteroatoms. The number of hydrogen-bond acceptors (Lipinski definition) is 7. The van der Waals surface area contributed by atoms with Crippen LogP contribution < -0.4 is 19.5 Å². The molecule has 182 valence electrons. The van der Waals surface area contributed by atoms with Crippen molar-refractivity contribution in [2.45, 2.75) is 18.2 Å². The Morgan fingerprint density at radius 2 is 1.66 bits per heavy atom. The first kappa shape index (κ1) is 24.1. The summed E-state index contributed by atoms with van der Waals surface area (Å²) in [7, 11) is -3.89. The van der Waals surface area contributed by atoms with Crippen molar-refractivity contribution in [3.63, 3.8) is 0 Å². The normalized spacial score (nSPS) is 12.5. The van der Waals surface area contributed by atoms with E-state index in [1.807, 2.05) is 25.1 Å². The molecule has 35 heavy (non-hydrogen) atoms. The van der Waals surface area contributed by atoms with E-state index < -0.39 is 28.5 Å². The summed E-state index contributed by atoms with van der Waals surface area (Å²) >= 11 is 0. The van der Waals surface area contributed by atoms with Crippen molar-refractivity contribution >= 4 is 33.3 Å². The van der Waals surface area contributed by atoms with Crippen LogP contribution in [-0.2, 0) is 26.0 Å². The molecule has 0 radical (unpaired) electrons. The van der Waals surface area contributed by atoms with Crippen LogP contribution in [0.1, 0.15) is 22.8 Å². The molecular weight excluding hydrogens is 472 g/mol. The van der Waals surface area contributed by atoms with Gasteiger partial charge in [0.1, 0.15) is 13.2 Å². The maximum atomic E-state index is 12.7. The van der Waals surface area contributed by atoms with Gasteiger partial charge in [0, 0.05) is 17.4 Å². The monoisotopic (exact) mass is 496 g/mol. The summed E-state index contributed by atoms with van der Waals surface area (Å²) in [5.74, 6) is -0.320. The van der Waals surface area contributed by atoms with E-state index in [-0.39, 0.29) is 16.1 Å². The molecule has 4 rings (SSSR count). The van der Waals surface area contributed by atoms with Crippen molar-refractivity contribution in [2.24, 2.45) is 0 Å². The number of anilines is 2. The number of carbonyl (C=O) groups excluding carboxylic acids is 2. The predicted molar refractivity (Wildman–Crippen MR) is 129 cm³/mol. The van der Waals surface area contributed by atoms with E-state index in [4.69, 9.17) is 14.2 Å². The van der Waals surface area contributed by atoms with Crippen molar-refractivity contribution in [3.05, 3.63) is 77.9 Å². The number of esters is 1. The lowest BCUT2D eigenvalue weighted by molar-refractivity contribution is -0.119. The van der Waals surface area contributed by atoms with Crippen LogP contribution in [0.4, 0.5) is 11.4 Å². The van der Waals surface area contributed by atoms with Gasteiger partial charge in [-0.25, -0.2) is 13.2 Å². The van der Waals surface area contributed by atoms with E-state index in [1.54, 1.807) is 12.1 Å². The molecule has 0 unspecified atom stereocenters. The van der Waals surface area contributed by atoms with Crippen LogP contribution in [0.15, 0.2) is 71.6 Å². The van der Waals surface area contributed by atoms with Crippen LogP contribution >= 0.6 is 0 Å². The Kier molecular flexibility index (Phi) is 7.21. The SMILES string of the molecule is CCc1cccc(NC(=O)COC(=O)c2ccc(NS(=O)(=O)c3ccc4c(c3)OCCO4)cc2)c1. The summed E-state index contributed by atoms with van der Waals surface area (Å²) in [5, 5.41) is 2.68. The van der Waals surface area contributed by atoms with Crippen molar-refractivity contribution in [1.82, 2.24) is 0 Å². The number of ether oxygens (including phenoxy) is 3. The Morgan fingerprint density at radius 3 is 2.40 bits per heavy atom. The smallest absolute Gasteiger partial charge is 0.338 e. The summed E-state index contributed by atoms with van der Waals surface area (Å²) in [6.07, 6.45) is 0.835. The van der Waals surface area contributed by atoms with Gasteiger partial charge in [-0.15, -0.1) is 0 Å². The van der Waals surface area contributed by atoms with Gasteiger partial charge in [0.05, 0.1) is 10.5 Å². The number of benzene rings is 3. The molecule has 0 fully saturated rings. The first-order valence-electron chi connectivity index (χ1n) is 10.9. The maximum absolute atomic E-state index is 12.7. The fourth-order valence-corrected chi connectivity index (χ4v) is 4.43. The Bertz CT molecular complexity index is 1340. The van der Waals surface area contributed by atoms with Crippen LogP contribution in [0.5, 0.6) is 11.5 Å². The fourth-order valence-electron chi connectivity index (χ4n) is 3.36. The van der Waals surface area contributed by atoms with Crippen LogP contribution in [0.2, 0.25) is 0 Å². The number of amides is 1. The molecule has 1 aliphatic heterocycles. The highest BCUT2D eigenvalue weighted by atomic mass is 32.2. The molecular formula is C25H24N2O7S. The maximum Gasteiger partial charge on any atom is 0.338 e. The van der Waals surface area contributed by atoms with Crippen LogP contribution in [0, 0.1) is 0 Å². The third kappa shape index (κ3) is 6.10. The van der Waals surface area contributed by atoms with Gasteiger partial charge in [0.25, 0.3) is 15.9 Å². The van der Waals surface area contributed by atoms with Gasteiger partial charge in [0.15, 0.2) is 18.1 Å². The molecule has 3 aromatic rings. The average molecular weight is 497 g/mol. The lowest BCUT2D eigenvalue weighted by Gasteiger charge is -2.19. The molecule has 9 nitrogen and oxygen atoms in total. The number of aryl methyl sites for hydroxylation is 1. The third-order valence-electron chi connectivity index (χ3n) is 5.15. The first-order valence-corrected chi connectivity index (χ1v) is 12.4. The molecule has 0 spiro atoms. The summed E-state index contributed by atoms with van der Waals surface area (Å²) in [5.41, 5.74) is 2.13. The van der Waals surface area contributed by atoms with E-state index in [0.717, 1.165) is 12.0 Å². The van der Waals surface area contributed by atoms with Gasteiger partial charge in [-0.3, -0.25) is 9.52 Å². The van der Waals surface area contributed by atoms with E-state index in [2.05, 4.69) is 10.0 Å². The minimum atomic E-state index is -3.89. The van der Waals surface area contributed by atoms with E-state index in [9.17, 15) is 18.0 Å². The molecule has 0 saturated carbocycles. The molecule has 2 N–H and O–H groups in total. The second kappa shape index (κ2) is 10.5. The number of carbonyl (C=O) groups is 2. The van der Waals surface area contributed by atoms with Crippen LogP contribution in [0.25, 0.3) is 0 Å². The fraction of sp³-hybridized carbons (Fsp3) is 0.200. The molecule has 0 aromatic heterocycles. The zero-order valence-electron chi connectivity index (χ0n) is 18.9. The van der Waals surface area contributed by atoms with Crippen LogP contribution in [0.3, 0.4) is 0 Å². The Morgan fingerprint density at radius 1 is 0.914 bits per heavy atom. The molecule has 3 aromatic carbocycles. The Hall–Kier alpha value is -4.05. The van der Waals surface area contributed by atoms with Gasteiger partial charge in [0.2, 0.25) is 0 Å². The highest BCUT2D eigenvalue weighted by molar-refractivity contribution is 7.92. The van der Waals surface area contributed by atoms with Gasteiger partial charge >= 0.3 is 5.97 Å². The van der Waals surface area contributed by atoms with E-state index in [0.29, 0.717) is 30.4 Å². The quantitative estimate of drug-likeness (QED) is 0.457. The van der Waals surface area contributed by atoms with Crippen molar-refractivity contribution < 1.29 is 32.2 Å². The second-order valence-corrected chi connectivity index (χ2v) is 9.35. The zero-order chi connectivity index (χ0) is 24.8. The van der Waals surface area contributed by atoms with Crippen LogP contribution in [-0.4, -0.2) is 40.1 Å². The summed E-state index contributed by atoms with van der Waals surface area (Å²) < 4.78 is 43.8. The lowest BCUT2D eigenvalue weighted by Crippen LogP contribution is -2.21. The molecule has 1 aliphatic rings. The molecule has 1 amide bonds. The van der Waals surface area contributed by atoms with Crippen molar-refractivity contribution in [3.8, 4) is 11.5 Å². The zero-order valence-corrected chi connectivity index (χ0v) is 19.8. The summed E-state index contributed by atoms with van der Waals surface area (Å²) in [6.45, 7) is 2.31. The number of nitrogens with one attached hydrogen (secondary N) is 2. The van der Waals surface area contributed by atoms with Crippen molar-refractivity contribution in [1.29, 1.82) is 0 Å². The Labute approximate surface area is 203 Å².